The largest absolute Gasteiger partial charge is 0.329 e. The average molecular weight is 238 g/mol. The predicted molar refractivity (Wildman–Crippen MR) is 70.0 cm³/mol. The van der Waals surface area contributed by atoms with Crippen molar-refractivity contribution in [2.75, 3.05) is 52.9 Å². The van der Waals surface area contributed by atoms with Crippen LogP contribution in [-0.2, 0) is 0 Å². The van der Waals surface area contributed by atoms with Crippen molar-refractivity contribution in [1.82, 2.24) is 14.7 Å². The normalized spacial score (nSPS) is 44.1. The molecular formula is C13H26N4. The lowest BCUT2D eigenvalue weighted by Crippen LogP contribution is -2.60. The molecule has 0 saturated carbocycles. The molecule has 2 N–H and O–H groups in total. The number of nitrogens with zero attached hydrogens (tertiary/aromatic N) is 3. The van der Waals surface area contributed by atoms with Gasteiger partial charge in [-0.2, -0.15) is 0 Å². The Bertz CT molecular complexity index is 270. The van der Waals surface area contributed by atoms with E-state index in [9.17, 15) is 0 Å². The van der Waals surface area contributed by atoms with Crippen LogP contribution in [0.25, 0.3) is 0 Å². The van der Waals surface area contributed by atoms with E-state index in [4.69, 9.17) is 5.73 Å². The molecule has 98 valence electrons. The van der Waals surface area contributed by atoms with Gasteiger partial charge >= 0.3 is 0 Å². The number of nitrogens with two attached hydrogens (primary N) is 1. The lowest BCUT2D eigenvalue weighted by Gasteiger charge is -2.47. The molecule has 0 aromatic carbocycles. The summed E-state index contributed by atoms with van der Waals surface area (Å²) in [5.74, 6) is 0.918. The maximum atomic E-state index is 5.98. The van der Waals surface area contributed by atoms with Crippen molar-refractivity contribution in [2.24, 2.45) is 11.7 Å². The standard InChI is InChI=1S/C13H26N4/c1-15-6-7-17(12(8-14)10-15)13-3-5-16-4-2-11(13)9-16/h11-13H,2-10,14H2,1H3. The van der Waals surface area contributed by atoms with Crippen LogP contribution in [0.5, 0.6) is 0 Å². The number of likely N-dealkylation sites (N-methyl/N-ethyl adjacent to an activating group) is 1. The molecule has 4 nitrogen and oxygen atoms in total. The van der Waals surface area contributed by atoms with Crippen molar-refractivity contribution in [2.45, 2.75) is 24.9 Å². The van der Waals surface area contributed by atoms with Gasteiger partial charge in [-0.1, -0.05) is 0 Å². The maximum absolute atomic E-state index is 5.98. The van der Waals surface area contributed by atoms with Gasteiger partial charge in [-0.15, -0.1) is 0 Å². The third kappa shape index (κ3) is 2.24. The molecule has 3 saturated heterocycles. The second kappa shape index (κ2) is 4.84. The van der Waals surface area contributed by atoms with E-state index in [0.29, 0.717) is 6.04 Å². The van der Waals surface area contributed by atoms with Crippen LogP contribution in [0.1, 0.15) is 12.8 Å². The Hall–Kier alpha value is -0.160. The van der Waals surface area contributed by atoms with Gasteiger partial charge in [0.15, 0.2) is 0 Å². The van der Waals surface area contributed by atoms with E-state index in [1.54, 1.807) is 0 Å². The van der Waals surface area contributed by atoms with Gasteiger partial charge in [0.1, 0.15) is 0 Å². The van der Waals surface area contributed by atoms with E-state index in [1.807, 2.05) is 0 Å². The molecule has 0 aromatic heterocycles. The predicted octanol–water partition coefficient (Wildman–Crippen LogP) is -0.345. The van der Waals surface area contributed by atoms with Gasteiger partial charge in [-0.25, -0.2) is 0 Å². The molecule has 3 rings (SSSR count). The molecule has 0 aromatic rings. The molecular weight excluding hydrogens is 212 g/mol. The highest BCUT2D eigenvalue weighted by Crippen LogP contribution is 2.32. The topological polar surface area (TPSA) is 35.7 Å². The minimum absolute atomic E-state index is 0.589. The van der Waals surface area contributed by atoms with Crippen LogP contribution in [-0.4, -0.2) is 79.6 Å². The first-order valence-corrected chi connectivity index (χ1v) is 7.14. The number of rotatable bonds is 2. The fourth-order valence-electron chi connectivity index (χ4n) is 4.04. The quantitative estimate of drug-likeness (QED) is 0.714. The highest BCUT2D eigenvalue weighted by atomic mass is 15.3. The lowest BCUT2D eigenvalue weighted by molar-refractivity contribution is 0.0162. The van der Waals surface area contributed by atoms with Gasteiger partial charge in [0.05, 0.1) is 0 Å². The minimum atomic E-state index is 0.589. The highest BCUT2D eigenvalue weighted by molar-refractivity contribution is 4.96. The van der Waals surface area contributed by atoms with Gasteiger partial charge in [-0.05, 0) is 38.9 Å². The molecule has 0 amide bonds. The van der Waals surface area contributed by atoms with Crippen LogP contribution < -0.4 is 5.73 Å². The van der Waals surface area contributed by atoms with E-state index in [1.165, 1.54) is 45.6 Å². The first-order valence-electron chi connectivity index (χ1n) is 7.14. The summed E-state index contributed by atoms with van der Waals surface area (Å²) in [4.78, 5) is 7.81. The van der Waals surface area contributed by atoms with Crippen LogP contribution >= 0.6 is 0 Å². The van der Waals surface area contributed by atoms with Crippen molar-refractivity contribution < 1.29 is 0 Å². The van der Waals surface area contributed by atoms with Gasteiger partial charge in [-0.3, -0.25) is 4.90 Å². The lowest BCUT2D eigenvalue weighted by atomic mass is 9.90. The summed E-state index contributed by atoms with van der Waals surface area (Å²) in [6, 6.07) is 1.40. The Kier molecular flexibility index (Phi) is 3.39. The van der Waals surface area contributed by atoms with E-state index < -0.39 is 0 Å². The summed E-state index contributed by atoms with van der Waals surface area (Å²) < 4.78 is 0. The van der Waals surface area contributed by atoms with Crippen LogP contribution in [0.2, 0.25) is 0 Å². The van der Waals surface area contributed by atoms with Crippen molar-refractivity contribution in [1.29, 1.82) is 0 Å². The number of piperidine rings is 1. The maximum Gasteiger partial charge on any atom is 0.0349 e. The van der Waals surface area contributed by atoms with Crippen molar-refractivity contribution in [3.05, 3.63) is 0 Å². The van der Waals surface area contributed by atoms with E-state index in [0.717, 1.165) is 25.0 Å². The molecule has 3 aliphatic rings. The summed E-state index contributed by atoms with van der Waals surface area (Å²) in [7, 11) is 2.22. The van der Waals surface area contributed by atoms with E-state index in [2.05, 4.69) is 21.7 Å². The van der Waals surface area contributed by atoms with Gasteiger partial charge in [0, 0.05) is 44.8 Å². The van der Waals surface area contributed by atoms with Crippen molar-refractivity contribution in [3.63, 3.8) is 0 Å². The Balaban J connectivity index is 1.69. The zero-order chi connectivity index (χ0) is 11.8. The zero-order valence-electron chi connectivity index (χ0n) is 11.0. The van der Waals surface area contributed by atoms with Crippen molar-refractivity contribution >= 4 is 0 Å². The molecule has 4 heteroatoms. The molecule has 2 bridgehead atoms. The number of piperazine rings is 1. The van der Waals surface area contributed by atoms with E-state index >= 15 is 0 Å². The minimum Gasteiger partial charge on any atom is -0.329 e. The first kappa shape index (κ1) is 11.9. The summed E-state index contributed by atoms with van der Waals surface area (Å²) in [6.07, 6.45) is 2.78. The number of hydrogen-bond acceptors (Lipinski definition) is 4. The monoisotopic (exact) mass is 238 g/mol. The molecule has 3 fully saturated rings. The molecule has 3 heterocycles. The second-order valence-corrected chi connectivity index (χ2v) is 6.09. The Morgan fingerprint density at radius 2 is 1.88 bits per heavy atom. The van der Waals surface area contributed by atoms with Crippen LogP contribution in [0.15, 0.2) is 0 Å². The van der Waals surface area contributed by atoms with Gasteiger partial charge in [0.2, 0.25) is 0 Å². The Morgan fingerprint density at radius 3 is 2.71 bits per heavy atom. The highest BCUT2D eigenvalue weighted by Gasteiger charge is 2.40. The molecule has 3 aliphatic heterocycles. The fourth-order valence-corrected chi connectivity index (χ4v) is 4.04. The average Bonchev–Trinajstić information content (AvgIpc) is 2.72. The molecule has 4 unspecified atom stereocenters. The van der Waals surface area contributed by atoms with Gasteiger partial charge in [0.25, 0.3) is 0 Å². The van der Waals surface area contributed by atoms with E-state index in [-0.39, 0.29) is 0 Å². The number of hydrogen-bond donors (Lipinski definition) is 1. The third-order valence-electron chi connectivity index (χ3n) is 5.02. The Morgan fingerprint density at radius 1 is 1.06 bits per heavy atom. The summed E-state index contributed by atoms with van der Waals surface area (Å²) in [6.45, 7) is 8.39. The molecule has 0 radical (unpaired) electrons. The zero-order valence-corrected chi connectivity index (χ0v) is 11.0. The molecule has 4 atom stereocenters. The molecule has 17 heavy (non-hydrogen) atoms. The fraction of sp³-hybridized carbons (Fsp3) is 1.00. The molecule has 0 spiro atoms. The summed E-state index contributed by atoms with van der Waals surface area (Å²) in [5, 5.41) is 0. The first-order chi connectivity index (χ1) is 8.28. The number of fused-ring (bicyclic) bond motifs is 2. The van der Waals surface area contributed by atoms with Crippen molar-refractivity contribution in [3.8, 4) is 0 Å². The van der Waals surface area contributed by atoms with Crippen LogP contribution in [0.4, 0.5) is 0 Å². The van der Waals surface area contributed by atoms with Crippen LogP contribution in [0, 0.1) is 5.92 Å². The third-order valence-corrected chi connectivity index (χ3v) is 5.02. The van der Waals surface area contributed by atoms with Crippen LogP contribution in [0.3, 0.4) is 0 Å². The summed E-state index contributed by atoms with van der Waals surface area (Å²) in [5.41, 5.74) is 5.98. The summed E-state index contributed by atoms with van der Waals surface area (Å²) >= 11 is 0. The Labute approximate surface area is 105 Å². The second-order valence-electron chi connectivity index (χ2n) is 6.09. The smallest absolute Gasteiger partial charge is 0.0349 e. The molecule has 0 aliphatic carbocycles. The SMILES string of the molecule is CN1CCN(C2CCN3CCC2C3)C(CN)C1. The van der Waals surface area contributed by atoms with Gasteiger partial charge < -0.3 is 15.5 Å².